The zero-order chi connectivity index (χ0) is 27.0. The van der Waals surface area contributed by atoms with E-state index in [-0.39, 0.29) is 16.3 Å². The van der Waals surface area contributed by atoms with Crippen molar-refractivity contribution in [3.05, 3.63) is 76.8 Å². The molecule has 1 aliphatic rings. The Bertz CT molecular complexity index is 1560. The summed E-state index contributed by atoms with van der Waals surface area (Å²) in [6.45, 7) is 1.56. The van der Waals surface area contributed by atoms with Crippen molar-refractivity contribution in [3.8, 4) is 5.75 Å². The lowest BCUT2D eigenvalue weighted by Gasteiger charge is -2.21. The standard InChI is InChI=1S/C25H26ClN3O6S2/c1-17-14-22(10-11-24(17)35-3)36(31,32)28(2)16-25(30)27-20-7-4-18-12-13-29(23(18)15-20)37(33,34)21-8-5-19(26)6-9-21/h4-11,14-15H,12-13,16H2,1-3H3,(H,27,30). The highest BCUT2D eigenvalue weighted by molar-refractivity contribution is 7.92. The van der Waals surface area contributed by atoms with Crippen LogP contribution in [0.2, 0.25) is 5.02 Å². The number of hydrogen-bond donors (Lipinski definition) is 1. The number of anilines is 2. The second-order valence-electron chi connectivity index (χ2n) is 8.57. The minimum absolute atomic E-state index is 0.0432. The van der Waals surface area contributed by atoms with Crippen molar-refractivity contribution in [2.75, 3.05) is 36.9 Å². The van der Waals surface area contributed by atoms with Crippen molar-refractivity contribution < 1.29 is 26.4 Å². The summed E-state index contributed by atoms with van der Waals surface area (Å²) in [6, 6.07) is 15.4. The number of nitrogens with one attached hydrogen (secondary N) is 1. The van der Waals surface area contributed by atoms with Crippen LogP contribution in [0.3, 0.4) is 0 Å². The average molecular weight is 564 g/mol. The molecule has 196 valence electrons. The van der Waals surface area contributed by atoms with Crippen LogP contribution in [0.1, 0.15) is 11.1 Å². The van der Waals surface area contributed by atoms with Gasteiger partial charge in [0, 0.05) is 24.3 Å². The van der Waals surface area contributed by atoms with Crippen molar-refractivity contribution in [2.45, 2.75) is 23.1 Å². The Balaban J connectivity index is 1.50. The Labute approximate surface area is 221 Å². The van der Waals surface area contributed by atoms with Gasteiger partial charge in [0.25, 0.3) is 10.0 Å². The maximum absolute atomic E-state index is 13.2. The molecule has 0 aromatic heterocycles. The summed E-state index contributed by atoms with van der Waals surface area (Å²) in [7, 11) is -4.94. The summed E-state index contributed by atoms with van der Waals surface area (Å²) in [4.78, 5) is 12.9. The minimum atomic E-state index is -3.93. The molecule has 1 N–H and O–H groups in total. The van der Waals surface area contributed by atoms with E-state index in [1.807, 2.05) is 0 Å². The molecule has 37 heavy (non-hydrogen) atoms. The Hall–Kier alpha value is -3.12. The quantitative estimate of drug-likeness (QED) is 0.447. The number of likely N-dealkylation sites (N-methyl/N-ethyl adjacent to an activating group) is 1. The van der Waals surface area contributed by atoms with E-state index in [4.69, 9.17) is 16.3 Å². The van der Waals surface area contributed by atoms with E-state index in [0.29, 0.717) is 34.1 Å². The summed E-state index contributed by atoms with van der Waals surface area (Å²) in [5.41, 5.74) is 2.29. The number of hydrogen-bond acceptors (Lipinski definition) is 6. The molecule has 3 aromatic rings. The zero-order valence-corrected chi connectivity index (χ0v) is 22.8. The van der Waals surface area contributed by atoms with Crippen LogP contribution in [0.5, 0.6) is 5.75 Å². The van der Waals surface area contributed by atoms with Crippen LogP contribution >= 0.6 is 11.6 Å². The topological polar surface area (TPSA) is 113 Å². The number of amides is 1. The molecule has 0 saturated heterocycles. The van der Waals surface area contributed by atoms with Crippen molar-refractivity contribution in [2.24, 2.45) is 0 Å². The van der Waals surface area contributed by atoms with Gasteiger partial charge in [-0.2, -0.15) is 4.31 Å². The van der Waals surface area contributed by atoms with Gasteiger partial charge in [0.05, 0.1) is 29.1 Å². The Morgan fingerprint density at radius 2 is 1.70 bits per heavy atom. The summed E-state index contributed by atoms with van der Waals surface area (Å²) >= 11 is 5.89. The molecule has 0 aliphatic carbocycles. The van der Waals surface area contributed by atoms with Gasteiger partial charge in [-0.15, -0.1) is 0 Å². The van der Waals surface area contributed by atoms with E-state index >= 15 is 0 Å². The number of carbonyl (C=O) groups excluding carboxylic acids is 1. The number of fused-ring (bicyclic) bond motifs is 1. The lowest BCUT2D eigenvalue weighted by molar-refractivity contribution is -0.116. The number of ether oxygens (including phenoxy) is 1. The third-order valence-corrected chi connectivity index (χ3v) is 9.94. The fourth-order valence-electron chi connectivity index (χ4n) is 4.09. The molecule has 0 radical (unpaired) electrons. The number of benzene rings is 3. The highest BCUT2D eigenvalue weighted by Crippen LogP contribution is 2.35. The second-order valence-corrected chi connectivity index (χ2v) is 12.9. The molecule has 0 fully saturated rings. The molecular formula is C25H26ClN3O6S2. The zero-order valence-electron chi connectivity index (χ0n) is 20.4. The van der Waals surface area contributed by atoms with Crippen LogP contribution in [0.4, 0.5) is 11.4 Å². The smallest absolute Gasteiger partial charge is 0.264 e. The highest BCUT2D eigenvalue weighted by Gasteiger charge is 2.31. The Kier molecular flexibility index (Phi) is 7.52. The number of carbonyl (C=O) groups is 1. The van der Waals surface area contributed by atoms with E-state index in [2.05, 4.69) is 5.32 Å². The van der Waals surface area contributed by atoms with Crippen LogP contribution in [0, 0.1) is 6.92 Å². The minimum Gasteiger partial charge on any atom is -0.496 e. The summed E-state index contributed by atoms with van der Waals surface area (Å²) in [5, 5.41) is 3.10. The number of sulfonamides is 2. The fraction of sp³-hybridized carbons (Fsp3) is 0.240. The van der Waals surface area contributed by atoms with E-state index in [9.17, 15) is 21.6 Å². The van der Waals surface area contributed by atoms with E-state index in [1.54, 1.807) is 31.2 Å². The van der Waals surface area contributed by atoms with Gasteiger partial charge >= 0.3 is 0 Å². The van der Waals surface area contributed by atoms with Crippen molar-refractivity contribution >= 4 is 48.9 Å². The maximum atomic E-state index is 13.2. The number of nitrogens with zero attached hydrogens (tertiary/aromatic N) is 2. The monoisotopic (exact) mass is 563 g/mol. The summed E-state index contributed by atoms with van der Waals surface area (Å²) in [6.07, 6.45) is 0.526. The summed E-state index contributed by atoms with van der Waals surface area (Å²) < 4.78 is 59.8. The molecule has 0 unspecified atom stereocenters. The molecule has 1 amide bonds. The van der Waals surface area contributed by atoms with Crippen molar-refractivity contribution in [1.82, 2.24) is 4.31 Å². The molecule has 1 aliphatic heterocycles. The van der Waals surface area contributed by atoms with Crippen LogP contribution < -0.4 is 14.4 Å². The first-order chi connectivity index (χ1) is 17.4. The summed E-state index contributed by atoms with van der Waals surface area (Å²) in [5.74, 6) is -0.00978. The van der Waals surface area contributed by atoms with E-state index in [1.165, 1.54) is 54.9 Å². The fourth-order valence-corrected chi connectivity index (χ4v) is 6.92. The van der Waals surface area contributed by atoms with Crippen LogP contribution in [-0.2, 0) is 31.3 Å². The molecule has 0 atom stereocenters. The van der Waals surface area contributed by atoms with Crippen LogP contribution in [-0.4, -0.2) is 54.3 Å². The van der Waals surface area contributed by atoms with Gasteiger partial charge in [0.15, 0.2) is 0 Å². The molecular weight excluding hydrogens is 538 g/mol. The first-order valence-corrected chi connectivity index (χ1v) is 14.5. The molecule has 0 spiro atoms. The molecule has 0 saturated carbocycles. The largest absolute Gasteiger partial charge is 0.496 e. The number of rotatable bonds is 8. The normalized spacial score (nSPS) is 13.5. The second kappa shape index (κ2) is 10.3. The maximum Gasteiger partial charge on any atom is 0.264 e. The van der Waals surface area contributed by atoms with Gasteiger partial charge in [-0.05, 0) is 79.1 Å². The molecule has 1 heterocycles. The first-order valence-electron chi connectivity index (χ1n) is 11.3. The van der Waals surface area contributed by atoms with Crippen LogP contribution in [0.25, 0.3) is 0 Å². The third-order valence-electron chi connectivity index (χ3n) is 6.06. The first kappa shape index (κ1) is 26.9. The van der Waals surface area contributed by atoms with E-state index < -0.39 is 32.5 Å². The van der Waals surface area contributed by atoms with Crippen molar-refractivity contribution in [1.29, 1.82) is 0 Å². The van der Waals surface area contributed by atoms with E-state index in [0.717, 1.165) is 9.87 Å². The SMILES string of the molecule is COc1ccc(S(=O)(=O)N(C)CC(=O)Nc2ccc3c(c2)N(S(=O)(=O)c2ccc(Cl)cc2)CC3)cc1C. The van der Waals surface area contributed by atoms with Gasteiger partial charge in [0.2, 0.25) is 15.9 Å². The van der Waals surface area contributed by atoms with Gasteiger partial charge < -0.3 is 10.1 Å². The lowest BCUT2D eigenvalue weighted by Crippen LogP contribution is -2.35. The third kappa shape index (κ3) is 5.45. The Morgan fingerprint density at radius 1 is 1.03 bits per heavy atom. The molecule has 9 nitrogen and oxygen atoms in total. The van der Waals surface area contributed by atoms with Crippen LogP contribution in [0.15, 0.2) is 70.5 Å². The van der Waals surface area contributed by atoms with Gasteiger partial charge in [-0.25, -0.2) is 16.8 Å². The number of halogens is 1. The lowest BCUT2D eigenvalue weighted by atomic mass is 10.1. The van der Waals surface area contributed by atoms with Gasteiger partial charge in [-0.1, -0.05) is 17.7 Å². The highest BCUT2D eigenvalue weighted by atomic mass is 35.5. The number of methoxy groups -OCH3 is 1. The molecule has 12 heteroatoms. The van der Waals surface area contributed by atoms with Gasteiger partial charge in [0.1, 0.15) is 5.75 Å². The average Bonchev–Trinajstić information content (AvgIpc) is 3.28. The Morgan fingerprint density at radius 3 is 2.35 bits per heavy atom. The number of aryl methyl sites for hydroxylation is 1. The molecule has 4 rings (SSSR count). The molecule has 0 bridgehead atoms. The predicted molar refractivity (Wildman–Crippen MR) is 142 cm³/mol. The van der Waals surface area contributed by atoms with Crippen molar-refractivity contribution in [3.63, 3.8) is 0 Å². The predicted octanol–water partition coefficient (Wildman–Crippen LogP) is 3.67. The molecule has 3 aromatic carbocycles. The van der Waals surface area contributed by atoms with Gasteiger partial charge in [-0.3, -0.25) is 9.10 Å².